The van der Waals surface area contributed by atoms with Crippen LogP contribution >= 0.6 is 22.9 Å². The van der Waals surface area contributed by atoms with Gasteiger partial charge in [-0.3, -0.25) is 9.69 Å². The van der Waals surface area contributed by atoms with Crippen molar-refractivity contribution in [1.29, 1.82) is 0 Å². The van der Waals surface area contributed by atoms with Crippen molar-refractivity contribution in [3.63, 3.8) is 0 Å². The molecular formula is C19H23ClN2O3S. The van der Waals surface area contributed by atoms with Crippen molar-refractivity contribution in [3.8, 4) is 5.75 Å². The SMILES string of the molecule is O=C(COCCOc1ccccc1)N1CCN(Cc2ccc(Cl)s2)CC1. The summed E-state index contributed by atoms with van der Waals surface area (Å²) < 4.78 is 11.8. The summed E-state index contributed by atoms with van der Waals surface area (Å²) in [6, 6.07) is 13.6. The summed E-state index contributed by atoms with van der Waals surface area (Å²) in [6.07, 6.45) is 0. The Morgan fingerprint density at radius 2 is 1.81 bits per heavy atom. The molecule has 26 heavy (non-hydrogen) atoms. The molecule has 3 rings (SSSR count). The van der Waals surface area contributed by atoms with Crippen molar-refractivity contribution in [2.24, 2.45) is 0 Å². The second-order valence-corrected chi connectivity index (χ2v) is 7.88. The highest BCUT2D eigenvalue weighted by Crippen LogP contribution is 2.23. The second-order valence-electron chi connectivity index (χ2n) is 6.08. The average Bonchev–Trinajstić information content (AvgIpc) is 3.07. The fraction of sp³-hybridized carbons (Fsp3) is 0.421. The van der Waals surface area contributed by atoms with Crippen LogP contribution in [0.5, 0.6) is 5.75 Å². The first-order valence-corrected chi connectivity index (χ1v) is 9.90. The number of benzene rings is 1. The number of rotatable bonds is 8. The van der Waals surface area contributed by atoms with E-state index in [1.165, 1.54) is 4.88 Å². The Morgan fingerprint density at radius 1 is 1.04 bits per heavy atom. The Balaban J connectivity index is 1.28. The lowest BCUT2D eigenvalue weighted by molar-refractivity contribution is -0.138. The highest BCUT2D eigenvalue weighted by Gasteiger charge is 2.21. The minimum absolute atomic E-state index is 0.0449. The molecule has 0 saturated carbocycles. The van der Waals surface area contributed by atoms with Crippen molar-refractivity contribution < 1.29 is 14.3 Å². The molecule has 1 aromatic carbocycles. The molecule has 2 heterocycles. The number of nitrogens with zero attached hydrogens (tertiary/aromatic N) is 2. The number of hydrogen-bond donors (Lipinski definition) is 0. The predicted molar refractivity (Wildman–Crippen MR) is 104 cm³/mol. The van der Waals surface area contributed by atoms with E-state index in [-0.39, 0.29) is 12.5 Å². The van der Waals surface area contributed by atoms with Gasteiger partial charge in [-0.1, -0.05) is 29.8 Å². The zero-order valence-corrected chi connectivity index (χ0v) is 16.2. The lowest BCUT2D eigenvalue weighted by atomic mass is 10.3. The number of para-hydroxylation sites is 1. The maximum Gasteiger partial charge on any atom is 0.248 e. The summed E-state index contributed by atoms with van der Waals surface area (Å²) in [5, 5.41) is 0. The van der Waals surface area contributed by atoms with Crippen LogP contribution in [0.2, 0.25) is 4.34 Å². The number of carbonyl (C=O) groups excluding carboxylic acids is 1. The molecule has 0 spiro atoms. The molecule has 0 aliphatic carbocycles. The third-order valence-corrected chi connectivity index (χ3v) is 5.41. The smallest absolute Gasteiger partial charge is 0.248 e. The molecule has 1 aliphatic rings. The van der Waals surface area contributed by atoms with Crippen molar-refractivity contribution >= 4 is 28.8 Å². The number of amides is 1. The van der Waals surface area contributed by atoms with Crippen LogP contribution in [0.25, 0.3) is 0 Å². The largest absolute Gasteiger partial charge is 0.491 e. The normalized spacial score (nSPS) is 15.2. The minimum atomic E-state index is 0.0449. The zero-order chi connectivity index (χ0) is 18.2. The maximum atomic E-state index is 12.2. The van der Waals surface area contributed by atoms with Crippen LogP contribution in [0.3, 0.4) is 0 Å². The molecule has 0 N–H and O–H groups in total. The Kier molecular flexibility index (Phi) is 7.32. The van der Waals surface area contributed by atoms with Gasteiger partial charge in [-0.05, 0) is 24.3 Å². The number of ether oxygens (including phenoxy) is 2. The Morgan fingerprint density at radius 3 is 2.50 bits per heavy atom. The van der Waals surface area contributed by atoms with Gasteiger partial charge in [-0.25, -0.2) is 0 Å². The van der Waals surface area contributed by atoms with Crippen LogP contribution < -0.4 is 4.74 Å². The van der Waals surface area contributed by atoms with Crippen molar-refractivity contribution in [3.05, 3.63) is 51.7 Å². The van der Waals surface area contributed by atoms with Gasteiger partial charge in [-0.2, -0.15) is 0 Å². The maximum absolute atomic E-state index is 12.2. The number of hydrogen-bond acceptors (Lipinski definition) is 5. The number of halogens is 1. The van der Waals surface area contributed by atoms with Gasteiger partial charge in [0, 0.05) is 37.6 Å². The van der Waals surface area contributed by atoms with Gasteiger partial charge in [0.2, 0.25) is 5.91 Å². The van der Waals surface area contributed by atoms with E-state index >= 15 is 0 Å². The average molecular weight is 395 g/mol. The van der Waals surface area contributed by atoms with Crippen LogP contribution in [0.15, 0.2) is 42.5 Å². The van der Waals surface area contributed by atoms with E-state index in [1.807, 2.05) is 41.3 Å². The highest BCUT2D eigenvalue weighted by atomic mass is 35.5. The molecule has 0 bridgehead atoms. The third-order valence-electron chi connectivity index (χ3n) is 4.20. The van der Waals surface area contributed by atoms with Gasteiger partial charge >= 0.3 is 0 Å². The molecule has 0 unspecified atom stereocenters. The molecule has 1 fully saturated rings. The summed E-state index contributed by atoms with van der Waals surface area (Å²) >= 11 is 7.59. The summed E-state index contributed by atoms with van der Waals surface area (Å²) in [6.45, 7) is 5.07. The fourth-order valence-corrected chi connectivity index (χ4v) is 3.93. The lowest BCUT2D eigenvalue weighted by Crippen LogP contribution is -2.49. The Hall–Kier alpha value is -1.60. The van der Waals surface area contributed by atoms with Gasteiger partial charge in [0.05, 0.1) is 10.9 Å². The molecule has 140 valence electrons. The quantitative estimate of drug-likeness (QED) is 0.645. The molecular weight excluding hydrogens is 372 g/mol. The molecule has 1 aromatic heterocycles. The summed E-state index contributed by atoms with van der Waals surface area (Å²) in [5.41, 5.74) is 0. The first-order valence-electron chi connectivity index (χ1n) is 8.70. The number of piperazine rings is 1. The van der Waals surface area contributed by atoms with Crippen LogP contribution in [-0.4, -0.2) is 61.7 Å². The Labute approximate surface area is 163 Å². The topological polar surface area (TPSA) is 42.0 Å². The molecule has 0 atom stereocenters. The van der Waals surface area contributed by atoms with E-state index in [4.69, 9.17) is 21.1 Å². The standard InChI is InChI=1S/C19H23ClN2O3S/c20-18-7-6-17(26-18)14-21-8-10-22(11-9-21)19(23)15-24-12-13-25-16-4-2-1-3-5-16/h1-7H,8-15H2. The molecule has 2 aromatic rings. The summed E-state index contributed by atoms with van der Waals surface area (Å²) in [7, 11) is 0. The van der Waals surface area contributed by atoms with Crippen LogP contribution in [0.1, 0.15) is 4.88 Å². The lowest BCUT2D eigenvalue weighted by Gasteiger charge is -2.34. The van der Waals surface area contributed by atoms with Gasteiger partial charge in [0.15, 0.2) is 0 Å². The first-order chi connectivity index (χ1) is 12.7. The summed E-state index contributed by atoms with van der Waals surface area (Å²) in [4.78, 5) is 17.7. The van der Waals surface area contributed by atoms with Crippen molar-refractivity contribution in [1.82, 2.24) is 9.80 Å². The molecule has 1 aliphatic heterocycles. The van der Waals surface area contributed by atoms with Gasteiger partial charge < -0.3 is 14.4 Å². The second kappa shape index (κ2) is 9.92. The first kappa shape index (κ1) is 19.2. The van der Waals surface area contributed by atoms with Crippen molar-refractivity contribution in [2.45, 2.75) is 6.54 Å². The molecule has 1 amide bonds. The predicted octanol–water partition coefficient (Wildman–Crippen LogP) is 3.14. The van der Waals surface area contributed by atoms with E-state index in [9.17, 15) is 4.79 Å². The third kappa shape index (κ3) is 5.99. The molecule has 0 radical (unpaired) electrons. The molecule has 7 heteroatoms. The Bertz CT molecular complexity index is 687. The van der Waals surface area contributed by atoms with Crippen molar-refractivity contribution in [2.75, 3.05) is 46.0 Å². The van der Waals surface area contributed by atoms with Gasteiger partial charge in [-0.15, -0.1) is 11.3 Å². The van der Waals surface area contributed by atoms with Gasteiger partial charge in [0.25, 0.3) is 0 Å². The summed E-state index contributed by atoms with van der Waals surface area (Å²) in [5.74, 6) is 0.856. The molecule has 1 saturated heterocycles. The van der Waals surface area contributed by atoms with Crippen LogP contribution in [-0.2, 0) is 16.1 Å². The van der Waals surface area contributed by atoms with E-state index in [0.29, 0.717) is 13.2 Å². The van der Waals surface area contributed by atoms with Gasteiger partial charge in [0.1, 0.15) is 19.0 Å². The minimum Gasteiger partial charge on any atom is -0.491 e. The van der Waals surface area contributed by atoms with Crippen LogP contribution in [0.4, 0.5) is 0 Å². The number of carbonyl (C=O) groups is 1. The monoisotopic (exact) mass is 394 g/mol. The van der Waals surface area contributed by atoms with E-state index in [2.05, 4.69) is 11.0 Å². The van der Waals surface area contributed by atoms with E-state index < -0.39 is 0 Å². The van der Waals surface area contributed by atoms with Crippen LogP contribution in [0, 0.1) is 0 Å². The molecule has 5 nitrogen and oxygen atoms in total. The van der Waals surface area contributed by atoms with E-state index in [1.54, 1.807) is 11.3 Å². The zero-order valence-electron chi connectivity index (χ0n) is 14.6. The van der Waals surface area contributed by atoms with E-state index in [0.717, 1.165) is 42.8 Å². The number of thiophene rings is 1. The fourth-order valence-electron chi connectivity index (χ4n) is 2.80. The highest BCUT2D eigenvalue weighted by molar-refractivity contribution is 7.16.